The van der Waals surface area contributed by atoms with Crippen LogP contribution in [0.1, 0.15) is 35.1 Å². The van der Waals surface area contributed by atoms with Crippen molar-refractivity contribution >= 4 is 17.7 Å². The number of likely N-dealkylation sites (tertiary alicyclic amines) is 1. The Morgan fingerprint density at radius 2 is 1.67 bits per heavy atom. The van der Waals surface area contributed by atoms with Crippen LogP contribution in [0, 0.1) is 0 Å². The summed E-state index contributed by atoms with van der Waals surface area (Å²) in [4.78, 5) is 15.0. The van der Waals surface area contributed by atoms with Crippen molar-refractivity contribution in [3.05, 3.63) is 77.7 Å². The summed E-state index contributed by atoms with van der Waals surface area (Å²) < 4.78 is 5.82. The summed E-state index contributed by atoms with van der Waals surface area (Å²) in [6.07, 6.45) is 2.73. The summed E-state index contributed by atoms with van der Waals surface area (Å²) in [7, 11) is 0. The van der Waals surface area contributed by atoms with Crippen LogP contribution in [0.2, 0.25) is 0 Å². The van der Waals surface area contributed by atoms with Crippen LogP contribution in [-0.4, -0.2) is 34.1 Å². The van der Waals surface area contributed by atoms with Crippen molar-refractivity contribution in [1.82, 2.24) is 15.1 Å². The van der Waals surface area contributed by atoms with Gasteiger partial charge in [-0.1, -0.05) is 60.7 Å². The quantitative estimate of drug-likeness (QED) is 0.603. The summed E-state index contributed by atoms with van der Waals surface area (Å²) in [6.45, 7) is 1.65. The highest BCUT2D eigenvalue weighted by molar-refractivity contribution is 8.00. The topological polar surface area (TPSA) is 59.2 Å². The SMILES string of the molecule is O=C([C@@H](Sc1nnc(Cc2ccccc2)o1)c1ccccc1)N1CCCC1. The first kappa shape index (κ1) is 17.8. The molecule has 1 fully saturated rings. The Kier molecular flexibility index (Phi) is 5.53. The molecule has 0 radical (unpaired) electrons. The van der Waals surface area contributed by atoms with Crippen molar-refractivity contribution in [2.24, 2.45) is 0 Å². The molecule has 0 unspecified atom stereocenters. The monoisotopic (exact) mass is 379 g/mol. The Morgan fingerprint density at radius 3 is 2.37 bits per heavy atom. The van der Waals surface area contributed by atoms with Gasteiger partial charge < -0.3 is 9.32 Å². The van der Waals surface area contributed by atoms with Gasteiger partial charge in [-0.3, -0.25) is 4.79 Å². The lowest BCUT2D eigenvalue weighted by Gasteiger charge is -2.22. The zero-order chi connectivity index (χ0) is 18.5. The van der Waals surface area contributed by atoms with Crippen LogP contribution in [0.4, 0.5) is 0 Å². The van der Waals surface area contributed by atoms with Gasteiger partial charge in [0.25, 0.3) is 5.22 Å². The van der Waals surface area contributed by atoms with Crippen LogP contribution in [0.15, 0.2) is 70.3 Å². The lowest BCUT2D eigenvalue weighted by molar-refractivity contribution is -0.129. The molecule has 1 aromatic heterocycles. The average molecular weight is 379 g/mol. The Bertz CT molecular complexity index is 877. The zero-order valence-electron chi connectivity index (χ0n) is 15.0. The normalized spacial score (nSPS) is 15.0. The van der Waals surface area contributed by atoms with Gasteiger partial charge in [0.15, 0.2) is 0 Å². The Morgan fingerprint density at radius 1 is 1.00 bits per heavy atom. The van der Waals surface area contributed by atoms with Gasteiger partial charge in [0, 0.05) is 13.1 Å². The highest BCUT2D eigenvalue weighted by Crippen LogP contribution is 2.36. The van der Waals surface area contributed by atoms with Gasteiger partial charge in [0.2, 0.25) is 11.8 Å². The van der Waals surface area contributed by atoms with Crippen LogP contribution in [0.25, 0.3) is 0 Å². The fraction of sp³-hybridized carbons (Fsp3) is 0.286. The molecule has 1 saturated heterocycles. The first-order valence-corrected chi connectivity index (χ1v) is 10.0. The molecule has 0 spiro atoms. The van der Waals surface area contributed by atoms with E-state index in [0.717, 1.165) is 37.1 Å². The lowest BCUT2D eigenvalue weighted by Crippen LogP contribution is -2.31. The van der Waals surface area contributed by atoms with E-state index in [4.69, 9.17) is 4.42 Å². The number of benzene rings is 2. The first-order valence-electron chi connectivity index (χ1n) is 9.16. The second kappa shape index (κ2) is 8.39. The van der Waals surface area contributed by atoms with E-state index in [9.17, 15) is 4.79 Å². The molecule has 3 aromatic rings. The molecular formula is C21H21N3O2S. The minimum absolute atomic E-state index is 0.117. The molecule has 5 nitrogen and oxygen atoms in total. The molecule has 0 N–H and O–H groups in total. The van der Waals surface area contributed by atoms with Crippen molar-refractivity contribution in [2.75, 3.05) is 13.1 Å². The molecule has 0 saturated carbocycles. The minimum Gasteiger partial charge on any atom is -0.416 e. The lowest BCUT2D eigenvalue weighted by atomic mass is 10.1. The van der Waals surface area contributed by atoms with E-state index in [1.807, 2.05) is 65.6 Å². The summed E-state index contributed by atoms with van der Waals surface area (Å²) in [6, 6.07) is 19.8. The van der Waals surface area contributed by atoms with Gasteiger partial charge in [-0.05, 0) is 35.7 Å². The molecule has 2 aromatic carbocycles. The Balaban J connectivity index is 1.52. The van der Waals surface area contributed by atoms with Gasteiger partial charge in [0.1, 0.15) is 5.25 Å². The van der Waals surface area contributed by atoms with E-state index in [-0.39, 0.29) is 11.2 Å². The number of thioether (sulfide) groups is 1. The summed E-state index contributed by atoms with van der Waals surface area (Å²) >= 11 is 1.34. The molecule has 27 heavy (non-hydrogen) atoms. The molecule has 6 heteroatoms. The van der Waals surface area contributed by atoms with Crippen molar-refractivity contribution in [1.29, 1.82) is 0 Å². The molecule has 4 rings (SSSR count). The highest BCUT2D eigenvalue weighted by Gasteiger charge is 2.30. The third-order valence-corrected chi connectivity index (χ3v) is 5.69. The fourth-order valence-electron chi connectivity index (χ4n) is 3.22. The Hall–Kier alpha value is -2.60. The Labute approximate surface area is 162 Å². The zero-order valence-corrected chi connectivity index (χ0v) is 15.8. The van der Waals surface area contributed by atoms with Gasteiger partial charge in [-0.15, -0.1) is 10.2 Å². The van der Waals surface area contributed by atoms with Crippen molar-refractivity contribution < 1.29 is 9.21 Å². The third kappa shape index (κ3) is 4.39. The average Bonchev–Trinajstić information content (AvgIpc) is 3.39. The maximum absolute atomic E-state index is 13.1. The van der Waals surface area contributed by atoms with E-state index in [1.165, 1.54) is 11.8 Å². The number of hydrogen-bond donors (Lipinski definition) is 0. The number of nitrogens with zero attached hydrogens (tertiary/aromatic N) is 3. The molecular weight excluding hydrogens is 358 g/mol. The van der Waals surface area contributed by atoms with Gasteiger partial charge in [0.05, 0.1) is 6.42 Å². The van der Waals surface area contributed by atoms with Crippen LogP contribution >= 0.6 is 11.8 Å². The number of aromatic nitrogens is 2. The van der Waals surface area contributed by atoms with Crippen LogP contribution in [0.3, 0.4) is 0 Å². The summed E-state index contributed by atoms with van der Waals surface area (Å²) in [5.74, 6) is 0.677. The number of carbonyl (C=O) groups excluding carboxylic acids is 1. The highest BCUT2D eigenvalue weighted by atomic mass is 32.2. The van der Waals surface area contributed by atoms with E-state index >= 15 is 0 Å². The summed E-state index contributed by atoms with van der Waals surface area (Å²) in [5, 5.41) is 8.38. The van der Waals surface area contributed by atoms with E-state index < -0.39 is 0 Å². The molecule has 1 atom stereocenters. The second-order valence-corrected chi connectivity index (χ2v) is 7.62. The predicted octanol–water partition coefficient (Wildman–Crippen LogP) is 4.12. The molecule has 1 aliphatic heterocycles. The molecule has 1 aliphatic rings. The largest absolute Gasteiger partial charge is 0.416 e. The van der Waals surface area contributed by atoms with Crippen LogP contribution in [-0.2, 0) is 11.2 Å². The van der Waals surface area contributed by atoms with E-state index in [2.05, 4.69) is 10.2 Å². The van der Waals surface area contributed by atoms with Crippen molar-refractivity contribution in [3.8, 4) is 0 Å². The number of hydrogen-bond acceptors (Lipinski definition) is 5. The smallest absolute Gasteiger partial charge is 0.277 e. The van der Waals surface area contributed by atoms with Crippen molar-refractivity contribution in [2.45, 2.75) is 29.7 Å². The van der Waals surface area contributed by atoms with E-state index in [1.54, 1.807) is 0 Å². The predicted molar refractivity (Wildman–Crippen MR) is 104 cm³/mol. The minimum atomic E-state index is -0.366. The summed E-state index contributed by atoms with van der Waals surface area (Å²) in [5.41, 5.74) is 2.08. The standard InChI is InChI=1S/C21H21N3O2S/c25-20(24-13-7-8-14-24)19(17-11-5-2-6-12-17)27-21-23-22-18(26-21)15-16-9-3-1-4-10-16/h1-6,9-12,19H,7-8,13-15H2/t19-/m0/s1. The van der Waals surface area contributed by atoms with Gasteiger partial charge in [-0.25, -0.2) is 0 Å². The van der Waals surface area contributed by atoms with Gasteiger partial charge in [-0.2, -0.15) is 0 Å². The fourth-order valence-corrected chi connectivity index (χ4v) is 4.20. The van der Waals surface area contributed by atoms with Crippen molar-refractivity contribution in [3.63, 3.8) is 0 Å². The number of rotatable bonds is 6. The second-order valence-electron chi connectivity index (χ2n) is 6.57. The first-order chi connectivity index (χ1) is 13.3. The maximum Gasteiger partial charge on any atom is 0.277 e. The molecule has 0 bridgehead atoms. The third-order valence-electron chi connectivity index (χ3n) is 4.61. The maximum atomic E-state index is 13.1. The van der Waals surface area contributed by atoms with E-state index in [0.29, 0.717) is 17.5 Å². The number of amides is 1. The molecule has 2 heterocycles. The number of carbonyl (C=O) groups is 1. The van der Waals surface area contributed by atoms with Crippen LogP contribution < -0.4 is 0 Å². The van der Waals surface area contributed by atoms with Crippen LogP contribution in [0.5, 0.6) is 0 Å². The molecule has 0 aliphatic carbocycles. The molecule has 138 valence electrons. The molecule has 1 amide bonds. The van der Waals surface area contributed by atoms with Gasteiger partial charge >= 0.3 is 0 Å².